The van der Waals surface area contributed by atoms with E-state index < -0.39 is 5.97 Å². The van der Waals surface area contributed by atoms with Crippen molar-refractivity contribution in [1.82, 2.24) is 4.90 Å². The first-order valence-electron chi connectivity index (χ1n) is 8.19. The van der Waals surface area contributed by atoms with Crippen LogP contribution in [0.3, 0.4) is 0 Å². The number of amides is 1. The van der Waals surface area contributed by atoms with E-state index in [4.69, 9.17) is 4.74 Å². The van der Waals surface area contributed by atoms with Crippen LogP contribution < -0.4 is 5.32 Å². The minimum absolute atomic E-state index is 0.0616. The number of methoxy groups -OCH3 is 1. The number of ether oxygens (including phenoxy) is 1. The largest absolute Gasteiger partial charge is 0.465 e. The highest BCUT2D eigenvalue weighted by Gasteiger charge is 2.23. The van der Waals surface area contributed by atoms with E-state index in [9.17, 15) is 14.0 Å². The summed E-state index contributed by atoms with van der Waals surface area (Å²) in [5.74, 6) is -1.05. The van der Waals surface area contributed by atoms with Crippen LogP contribution in [-0.4, -0.2) is 37.5 Å². The van der Waals surface area contributed by atoms with E-state index in [1.165, 1.54) is 24.5 Å². The molecule has 0 saturated carbocycles. The maximum absolute atomic E-state index is 13.9. The summed E-state index contributed by atoms with van der Waals surface area (Å²) in [5.41, 5.74) is 1.71. The van der Waals surface area contributed by atoms with Crippen LogP contribution >= 0.6 is 11.3 Å². The molecule has 0 spiro atoms. The van der Waals surface area contributed by atoms with Gasteiger partial charge in [0.1, 0.15) is 10.8 Å². The Hall–Kier alpha value is -2.25. The van der Waals surface area contributed by atoms with E-state index in [-0.39, 0.29) is 24.3 Å². The Labute approximate surface area is 156 Å². The fourth-order valence-corrected chi connectivity index (χ4v) is 3.71. The zero-order chi connectivity index (χ0) is 19.4. The van der Waals surface area contributed by atoms with Crippen molar-refractivity contribution in [3.05, 3.63) is 51.7 Å². The number of anilines is 1. The molecule has 1 amide bonds. The second-order valence-corrected chi connectivity index (χ2v) is 7.36. The van der Waals surface area contributed by atoms with Gasteiger partial charge in [-0.1, -0.05) is 18.2 Å². The van der Waals surface area contributed by atoms with Crippen molar-refractivity contribution in [2.45, 2.75) is 26.8 Å². The van der Waals surface area contributed by atoms with Crippen LogP contribution in [-0.2, 0) is 9.53 Å². The Balaban J connectivity index is 2.11. The van der Waals surface area contributed by atoms with E-state index in [2.05, 4.69) is 5.32 Å². The summed E-state index contributed by atoms with van der Waals surface area (Å²) in [6, 6.07) is 6.24. The number of esters is 1. The predicted molar refractivity (Wildman–Crippen MR) is 101 cm³/mol. The van der Waals surface area contributed by atoms with Gasteiger partial charge in [0.2, 0.25) is 5.91 Å². The van der Waals surface area contributed by atoms with Crippen molar-refractivity contribution in [1.29, 1.82) is 0 Å². The fraction of sp³-hybridized carbons (Fsp3) is 0.368. The molecular formula is C19H23FN2O3S. The van der Waals surface area contributed by atoms with E-state index in [1.807, 2.05) is 20.8 Å². The number of likely N-dealkylation sites (N-methyl/N-ethyl adjacent to an activating group) is 1. The van der Waals surface area contributed by atoms with Crippen molar-refractivity contribution in [3.63, 3.8) is 0 Å². The predicted octanol–water partition coefficient (Wildman–Crippen LogP) is 3.92. The number of carbonyl (C=O) groups is 2. The standard InChI is InChI=1S/C19H23FN2O3S/c1-11-13(3)26-18(17(11)19(24)25-5)21-16(23)10-22(4)12(2)14-8-6-7-9-15(14)20/h6-9,12H,10H2,1-5H3,(H,21,23). The lowest BCUT2D eigenvalue weighted by Gasteiger charge is -2.24. The Morgan fingerprint density at radius 2 is 1.96 bits per heavy atom. The molecule has 0 saturated heterocycles. The average Bonchev–Trinajstić information content (AvgIpc) is 2.87. The van der Waals surface area contributed by atoms with Gasteiger partial charge in [-0.05, 0) is 39.4 Å². The van der Waals surface area contributed by atoms with Gasteiger partial charge in [0, 0.05) is 16.5 Å². The molecule has 0 aliphatic heterocycles. The highest BCUT2D eigenvalue weighted by molar-refractivity contribution is 7.16. The molecule has 2 rings (SSSR count). The number of benzene rings is 1. The molecule has 0 bridgehead atoms. The third-order valence-electron chi connectivity index (χ3n) is 4.44. The van der Waals surface area contributed by atoms with Crippen LogP contribution in [0, 0.1) is 19.7 Å². The number of thiophene rings is 1. The SMILES string of the molecule is COC(=O)c1c(NC(=O)CN(C)C(C)c2ccccc2F)sc(C)c1C. The Morgan fingerprint density at radius 3 is 2.58 bits per heavy atom. The maximum Gasteiger partial charge on any atom is 0.341 e. The normalized spacial score (nSPS) is 12.1. The van der Waals surface area contributed by atoms with Gasteiger partial charge in [-0.25, -0.2) is 9.18 Å². The zero-order valence-electron chi connectivity index (χ0n) is 15.6. The molecule has 26 heavy (non-hydrogen) atoms. The number of rotatable bonds is 6. The van der Waals surface area contributed by atoms with Crippen LogP contribution in [0.1, 0.15) is 39.3 Å². The second kappa shape index (κ2) is 8.42. The lowest BCUT2D eigenvalue weighted by atomic mass is 10.1. The Bertz CT molecular complexity index is 819. The van der Waals surface area contributed by atoms with Gasteiger partial charge in [-0.2, -0.15) is 0 Å². The van der Waals surface area contributed by atoms with Gasteiger partial charge in [0.05, 0.1) is 19.2 Å². The van der Waals surface area contributed by atoms with Crippen LogP contribution in [0.5, 0.6) is 0 Å². The maximum atomic E-state index is 13.9. The molecule has 1 unspecified atom stereocenters. The third-order valence-corrected chi connectivity index (χ3v) is 5.56. The number of aryl methyl sites for hydroxylation is 1. The van der Waals surface area contributed by atoms with Crippen molar-refractivity contribution in [3.8, 4) is 0 Å². The monoisotopic (exact) mass is 378 g/mol. The fourth-order valence-electron chi connectivity index (χ4n) is 2.64. The van der Waals surface area contributed by atoms with Crippen LogP contribution in [0.2, 0.25) is 0 Å². The molecule has 0 fully saturated rings. The summed E-state index contributed by atoms with van der Waals surface area (Å²) in [5, 5.41) is 3.26. The second-order valence-electron chi connectivity index (χ2n) is 6.14. The zero-order valence-corrected chi connectivity index (χ0v) is 16.4. The van der Waals surface area contributed by atoms with Crippen molar-refractivity contribution < 1.29 is 18.7 Å². The summed E-state index contributed by atoms with van der Waals surface area (Å²) in [6.45, 7) is 5.60. The summed E-state index contributed by atoms with van der Waals surface area (Å²) in [7, 11) is 3.06. The first kappa shape index (κ1) is 20.1. The molecule has 2 aromatic rings. The lowest BCUT2D eigenvalue weighted by molar-refractivity contribution is -0.117. The number of carbonyl (C=O) groups excluding carboxylic acids is 2. The minimum Gasteiger partial charge on any atom is -0.465 e. The highest BCUT2D eigenvalue weighted by Crippen LogP contribution is 2.33. The van der Waals surface area contributed by atoms with Gasteiger partial charge in [0.15, 0.2) is 0 Å². The number of halogens is 1. The van der Waals surface area contributed by atoms with E-state index in [1.54, 1.807) is 30.1 Å². The van der Waals surface area contributed by atoms with Crippen molar-refractivity contribution in [2.24, 2.45) is 0 Å². The van der Waals surface area contributed by atoms with E-state index in [0.29, 0.717) is 16.1 Å². The van der Waals surface area contributed by atoms with Crippen molar-refractivity contribution in [2.75, 3.05) is 26.0 Å². The lowest BCUT2D eigenvalue weighted by Crippen LogP contribution is -2.32. The molecule has 1 N–H and O–H groups in total. The quantitative estimate of drug-likeness (QED) is 0.774. The number of nitrogens with one attached hydrogen (secondary N) is 1. The summed E-state index contributed by atoms with van der Waals surface area (Å²) in [6.07, 6.45) is 0. The molecule has 1 atom stereocenters. The molecule has 7 heteroatoms. The molecule has 0 aliphatic carbocycles. The van der Waals surface area contributed by atoms with Gasteiger partial charge in [-0.15, -0.1) is 11.3 Å². The third kappa shape index (κ3) is 4.28. The first-order chi connectivity index (χ1) is 12.3. The summed E-state index contributed by atoms with van der Waals surface area (Å²) >= 11 is 1.34. The van der Waals surface area contributed by atoms with E-state index in [0.717, 1.165) is 10.4 Å². The van der Waals surface area contributed by atoms with Gasteiger partial charge in [-0.3, -0.25) is 9.69 Å². The molecule has 5 nitrogen and oxygen atoms in total. The number of hydrogen-bond acceptors (Lipinski definition) is 5. The molecule has 0 radical (unpaired) electrons. The molecule has 1 heterocycles. The smallest absolute Gasteiger partial charge is 0.341 e. The van der Waals surface area contributed by atoms with E-state index >= 15 is 0 Å². The number of hydrogen-bond donors (Lipinski definition) is 1. The molecule has 1 aromatic heterocycles. The van der Waals surface area contributed by atoms with Crippen molar-refractivity contribution >= 4 is 28.2 Å². The van der Waals surface area contributed by atoms with Gasteiger partial charge in [0.25, 0.3) is 0 Å². The van der Waals surface area contributed by atoms with Gasteiger partial charge >= 0.3 is 5.97 Å². The highest BCUT2D eigenvalue weighted by atomic mass is 32.1. The Kier molecular flexibility index (Phi) is 6.50. The number of nitrogens with zero attached hydrogens (tertiary/aromatic N) is 1. The average molecular weight is 378 g/mol. The first-order valence-corrected chi connectivity index (χ1v) is 9.00. The molecule has 0 aliphatic rings. The van der Waals surface area contributed by atoms with Crippen LogP contribution in [0.4, 0.5) is 9.39 Å². The topological polar surface area (TPSA) is 58.6 Å². The molecule has 1 aromatic carbocycles. The van der Waals surface area contributed by atoms with Crippen LogP contribution in [0.15, 0.2) is 24.3 Å². The van der Waals surface area contributed by atoms with Gasteiger partial charge < -0.3 is 10.1 Å². The minimum atomic E-state index is -0.477. The van der Waals surface area contributed by atoms with Crippen LogP contribution in [0.25, 0.3) is 0 Å². The Morgan fingerprint density at radius 1 is 1.31 bits per heavy atom. The molecule has 140 valence electrons. The summed E-state index contributed by atoms with van der Waals surface area (Å²) in [4.78, 5) is 27.1. The molecular weight excluding hydrogens is 355 g/mol. The summed E-state index contributed by atoms with van der Waals surface area (Å²) < 4.78 is 18.7.